The first kappa shape index (κ1) is 24.9. The van der Waals surface area contributed by atoms with Gasteiger partial charge >= 0.3 is 0 Å². The van der Waals surface area contributed by atoms with Crippen molar-refractivity contribution in [2.75, 3.05) is 0 Å². The standard InChI is InChI=1S/C24H25N3O6S/c1-17(2)26-34(31,32)16-19-9-7-6-8-18(19)15-25-24(28)22-14-20(27(29)30)12-13-23(22)33-21-10-4-3-5-11-21/h3-14,17,26H,15-16H2,1-2H3,(H,25,28). The molecular formula is C24H25N3O6S. The number of rotatable bonds is 10. The first-order valence-corrected chi connectivity index (χ1v) is 12.2. The number of hydrogen-bond acceptors (Lipinski definition) is 6. The highest BCUT2D eigenvalue weighted by Crippen LogP contribution is 2.29. The van der Waals surface area contributed by atoms with E-state index in [-0.39, 0.29) is 35.3 Å². The Bertz CT molecular complexity index is 1280. The summed E-state index contributed by atoms with van der Waals surface area (Å²) in [7, 11) is -3.56. The lowest BCUT2D eigenvalue weighted by molar-refractivity contribution is -0.384. The summed E-state index contributed by atoms with van der Waals surface area (Å²) in [6.07, 6.45) is 0. The molecule has 0 unspecified atom stereocenters. The van der Waals surface area contributed by atoms with Crippen LogP contribution in [0.25, 0.3) is 0 Å². The molecule has 0 spiro atoms. The fourth-order valence-corrected chi connectivity index (χ4v) is 4.75. The third-order valence-electron chi connectivity index (χ3n) is 4.71. The number of hydrogen-bond donors (Lipinski definition) is 2. The maximum Gasteiger partial charge on any atom is 0.270 e. The highest BCUT2D eigenvalue weighted by atomic mass is 32.2. The zero-order valence-electron chi connectivity index (χ0n) is 18.7. The van der Waals surface area contributed by atoms with E-state index >= 15 is 0 Å². The number of sulfonamides is 1. The Morgan fingerprint density at radius 1 is 1.00 bits per heavy atom. The topological polar surface area (TPSA) is 128 Å². The molecule has 0 aliphatic heterocycles. The molecule has 34 heavy (non-hydrogen) atoms. The van der Waals surface area contributed by atoms with Gasteiger partial charge in [0.15, 0.2) is 0 Å². The maximum absolute atomic E-state index is 13.0. The minimum Gasteiger partial charge on any atom is -0.457 e. The van der Waals surface area contributed by atoms with E-state index < -0.39 is 20.9 Å². The fourth-order valence-electron chi connectivity index (χ4n) is 3.26. The minimum absolute atomic E-state index is 0.00960. The predicted octanol–water partition coefficient (Wildman–Crippen LogP) is 4.14. The van der Waals surface area contributed by atoms with E-state index in [9.17, 15) is 23.3 Å². The van der Waals surface area contributed by atoms with Crippen LogP contribution in [0.15, 0.2) is 72.8 Å². The van der Waals surface area contributed by atoms with Gasteiger partial charge in [0.1, 0.15) is 11.5 Å². The fraction of sp³-hybridized carbons (Fsp3) is 0.208. The van der Waals surface area contributed by atoms with E-state index in [4.69, 9.17) is 4.74 Å². The second-order valence-electron chi connectivity index (χ2n) is 7.84. The normalized spacial score (nSPS) is 11.3. The van der Waals surface area contributed by atoms with Crippen molar-refractivity contribution in [3.05, 3.63) is 99.6 Å². The predicted molar refractivity (Wildman–Crippen MR) is 128 cm³/mol. The number of carbonyl (C=O) groups is 1. The van der Waals surface area contributed by atoms with E-state index in [1.54, 1.807) is 62.4 Å². The summed E-state index contributed by atoms with van der Waals surface area (Å²) in [4.78, 5) is 23.7. The van der Waals surface area contributed by atoms with Crippen molar-refractivity contribution in [3.63, 3.8) is 0 Å². The van der Waals surface area contributed by atoms with Gasteiger partial charge in [-0.1, -0.05) is 42.5 Å². The van der Waals surface area contributed by atoms with Crippen molar-refractivity contribution in [2.24, 2.45) is 0 Å². The number of nitro benzene ring substituents is 1. The Hall–Kier alpha value is -3.76. The van der Waals surface area contributed by atoms with E-state index in [1.165, 1.54) is 12.1 Å². The molecule has 0 fully saturated rings. The van der Waals surface area contributed by atoms with Crippen LogP contribution in [-0.2, 0) is 22.3 Å². The highest BCUT2D eigenvalue weighted by molar-refractivity contribution is 7.88. The Morgan fingerprint density at radius 3 is 2.29 bits per heavy atom. The van der Waals surface area contributed by atoms with Gasteiger partial charge in [0.2, 0.25) is 10.0 Å². The van der Waals surface area contributed by atoms with Crippen LogP contribution in [0.3, 0.4) is 0 Å². The number of amides is 1. The zero-order chi connectivity index (χ0) is 24.7. The molecule has 2 N–H and O–H groups in total. The number of ether oxygens (including phenoxy) is 1. The molecule has 9 nitrogen and oxygen atoms in total. The Kier molecular flexibility index (Phi) is 7.98. The molecule has 0 aromatic heterocycles. The van der Waals surface area contributed by atoms with Crippen molar-refractivity contribution >= 4 is 21.6 Å². The molecule has 3 rings (SSSR count). The Morgan fingerprint density at radius 2 is 1.65 bits per heavy atom. The van der Waals surface area contributed by atoms with Crippen LogP contribution in [0.5, 0.6) is 11.5 Å². The van der Waals surface area contributed by atoms with Crippen LogP contribution in [0.1, 0.15) is 35.3 Å². The van der Waals surface area contributed by atoms with Crippen molar-refractivity contribution in [1.29, 1.82) is 0 Å². The molecule has 0 saturated carbocycles. The summed E-state index contributed by atoms with van der Waals surface area (Å²) in [6.45, 7) is 3.50. The first-order valence-electron chi connectivity index (χ1n) is 10.5. The monoisotopic (exact) mass is 483 g/mol. The van der Waals surface area contributed by atoms with Gasteiger partial charge in [-0.25, -0.2) is 13.1 Å². The molecule has 3 aromatic rings. The third kappa shape index (κ3) is 6.87. The first-order chi connectivity index (χ1) is 16.1. The maximum atomic E-state index is 13.0. The Balaban J connectivity index is 1.82. The van der Waals surface area contributed by atoms with Gasteiger partial charge < -0.3 is 10.1 Å². The summed E-state index contributed by atoms with van der Waals surface area (Å²) < 4.78 is 33.0. The summed E-state index contributed by atoms with van der Waals surface area (Å²) in [5.74, 6) is -0.200. The van der Waals surface area contributed by atoms with Crippen LogP contribution in [0, 0.1) is 10.1 Å². The van der Waals surface area contributed by atoms with Crippen LogP contribution in [0.2, 0.25) is 0 Å². The quantitative estimate of drug-likeness (QED) is 0.329. The van der Waals surface area contributed by atoms with Crippen LogP contribution in [-0.4, -0.2) is 25.3 Å². The van der Waals surface area contributed by atoms with Gasteiger partial charge in [0.05, 0.1) is 16.2 Å². The van der Waals surface area contributed by atoms with Crippen molar-refractivity contribution < 1.29 is 22.9 Å². The summed E-state index contributed by atoms with van der Waals surface area (Å²) in [5, 5.41) is 14.0. The minimum atomic E-state index is -3.56. The number of benzene rings is 3. The number of para-hydroxylation sites is 1. The van der Waals surface area contributed by atoms with E-state index in [0.717, 1.165) is 6.07 Å². The molecule has 10 heteroatoms. The van der Waals surface area contributed by atoms with Gasteiger partial charge in [-0.2, -0.15) is 0 Å². The number of carbonyl (C=O) groups excluding carboxylic acids is 1. The summed E-state index contributed by atoms with van der Waals surface area (Å²) in [6, 6.07) is 19.1. The smallest absolute Gasteiger partial charge is 0.270 e. The number of non-ortho nitro benzene ring substituents is 1. The molecule has 0 heterocycles. The number of nitro groups is 1. The van der Waals surface area contributed by atoms with Gasteiger partial charge in [-0.15, -0.1) is 0 Å². The lowest BCUT2D eigenvalue weighted by Gasteiger charge is -2.14. The highest BCUT2D eigenvalue weighted by Gasteiger charge is 2.20. The molecular weight excluding hydrogens is 458 g/mol. The van der Waals surface area contributed by atoms with E-state index in [2.05, 4.69) is 10.0 Å². The second-order valence-corrected chi connectivity index (χ2v) is 9.59. The molecule has 0 aliphatic rings. The SMILES string of the molecule is CC(C)NS(=O)(=O)Cc1ccccc1CNC(=O)c1cc([N+](=O)[O-])ccc1Oc1ccccc1. The van der Waals surface area contributed by atoms with Gasteiger partial charge in [-0.3, -0.25) is 14.9 Å². The van der Waals surface area contributed by atoms with Gasteiger partial charge in [0, 0.05) is 24.7 Å². The van der Waals surface area contributed by atoms with E-state index in [1.807, 2.05) is 6.07 Å². The number of nitrogens with one attached hydrogen (secondary N) is 2. The van der Waals surface area contributed by atoms with Crippen LogP contribution in [0.4, 0.5) is 5.69 Å². The average Bonchev–Trinajstić information content (AvgIpc) is 2.78. The molecule has 0 atom stereocenters. The van der Waals surface area contributed by atoms with Crippen molar-refractivity contribution in [2.45, 2.75) is 32.2 Å². The average molecular weight is 484 g/mol. The number of nitrogens with zero attached hydrogens (tertiary/aromatic N) is 1. The zero-order valence-corrected chi connectivity index (χ0v) is 19.5. The van der Waals surface area contributed by atoms with Crippen molar-refractivity contribution in [1.82, 2.24) is 10.0 Å². The second kappa shape index (κ2) is 10.9. The van der Waals surface area contributed by atoms with E-state index in [0.29, 0.717) is 16.9 Å². The molecule has 0 saturated heterocycles. The van der Waals surface area contributed by atoms with Gasteiger partial charge in [0.25, 0.3) is 11.6 Å². The van der Waals surface area contributed by atoms with Crippen LogP contribution >= 0.6 is 0 Å². The molecule has 0 bridgehead atoms. The lowest BCUT2D eigenvalue weighted by Crippen LogP contribution is -2.32. The van der Waals surface area contributed by atoms with Gasteiger partial charge in [-0.05, 0) is 43.2 Å². The molecule has 0 radical (unpaired) electrons. The molecule has 178 valence electrons. The molecule has 0 aliphatic carbocycles. The summed E-state index contributed by atoms with van der Waals surface area (Å²) in [5.41, 5.74) is 0.887. The van der Waals surface area contributed by atoms with Crippen molar-refractivity contribution in [3.8, 4) is 11.5 Å². The third-order valence-corrected chi connectivity index (χ3v) is 6.23. The van der Waals surface area contributed by atoms with Crippen LogP contribution < -0.4 is 14.8 Å². The Labute approximate surface area is 198 Å². The molecule has 1 amide bonds. The lowest BCUT2D eigenvalue weighted by atomic mass is 10.1. The largest absolute Gasteiger partial charge is 0.457 e. The summed E-state index contributed by atoms with van der Waals surface area (Å²) >= 11 is 0. The molecule has 3 aromatic carbocycles.